The summed E-state index contributed by atoms with van der Waals surface area (Å²) in [5.41, 5.74) is 2.20. The Bertz CT molecular complexity index is 1360. The van der Waals surface area contributed by atoms with Crippen molar-refractivity contribution in [1.82, 2.24) is 4.57 Å². The molecule has 6 nitrogen and oxygen atoms in total. The number of aromatic hydroxyl groups is 1. The van der Waals surface area contributed by atoms with Gasteiger partial charge in [0.05, 0.1) is 24.3 Å². The fraction of sp³-hybridized carbons (Fsp3) is 0.192. The maximum Gasteiger partial charge on any atom is 0.336 e. The van der Waals surface area contributed by atoms with Gasteiger partial charge in [-0.2, -0.15) is 0 Å². The van der Waals surface area contributed by atoms with Gasteiger partial charge in [0, 0.05) is 48.5 Å². The predicted octanol–water partition coefficient (Wildman–Crippen LogP) is 5.36. The second-order valence-corrected chi connectivity index (χ2v) is 7.82. The first-order valence-corrected chi connectivity index (χ1v) is 10.5. The van der Waals surface area contributed by atoms with Gasteiger partial charge in [0.25, 0.3) is 0 Å². The average molecular weight is 467 g/mol. The first-order chi connectivity index (χ1) is 16.4. The van der Waals surface area contributed by atoms with E-state index in [2.05, 4.69) is 0 Å². The lowest BCUT2D eigenvalue weighted by Gasteiger charge is -2.21. The number of rotatable bonds is 8. The zero-order chi connectivity index (χ0) is 24.4. The van der Waals surface area contributed by atoms with Crippen LogP contribution in [0, 0.1) is 11.6 Å². The highest BCUT2D eigenvalue weighted by molar-refractivity contribution is 6.07. The number of ether oxygens (including phenoxy) is 2. The molecule has 0 aliphatic heterocycles. The van der Waals surface area contributed by atoms with E-state index in [0.29, 0.717) is 33.4 Å². The normalized spacial score (nSPS) is 11.4. The molecule has 0 atom stereocenters. The number of fused-ring (bicyclic) bond motifs is 1. The molecule has 176 valence electrons. The van der Waals surface area contributed by atoms with E-state index in [1.807, 2.05) is 0 Å². The number of carboxylic acid groups (broad SMARTS) is 1. The number of carboxylic acids is 1. The van der Waals surface area contributed by atoms with Gasteiger partial charge in [-0.25, -0.2) is 13.6 Å². The lowest BCUT2D eigenvalue weighted by molar-refractivity contribution is 0.0697. The van der Waals surface area contributed by atoms with E-state index in [4.69, 9.17) is 9.47 Å². The molecule has 0 spiro atoms. The number of carbonyl (C=O) groups is 1. The number of benzene rings is 3. The summed E-state index contributed by atoms with van der Waals surface area (Å²) in [7, 11) is 3.05. The molecule has 34 heavy (non-hydrogen) atoms. The molecule has 4 aromatic rings. The van der Waals surface area contributed by atoms with E-state index >= 15 is 0 Å². The second-order valence-electron chi connectivity index (χ2n) is 7.82. The third-order valence-electron chi connectivity index (χ3n) is 5.72. The number of phenolic OH excluding ortho intramolecular Hbond substituents is 1. The Hall–Kier alpha value is -3.75. The Morgan fingerprint density at radius 3 is 2.32 bits per heavy atom. The van der Waals surface area contributed by atoms with E-state index in [-0.39, 0.29) is 24.5 Å². The highest BCUT2D eigenvalue weighted by Crippen LogP contribution is 2.45. The van der Waals surface area contributed by atoms with Gasteiger partial charge >= 0.3 is 5.97 Å². The Labute approximate surface area is 194 Å². The maximum absolute atomic E-state index is 14.3. The number of hydrogen-bond acceptors (Lipinski definition) is 4. The van der Waals surface area contributed by atoms with Crippen LogP contribution in [0.3, 0.4) is 0 Å². The van der Waals surface area contributed by atoms with E-state index in [1.165, 1.54) is 32.4 Å². The molecule has 0 amide bonds. The minimum Gasteiger partial charge on any atom is -0.507 e. The molecule has 0 aliphatic carbocycles. The van der Waals surface area contributed by atoms with Crippen molar-refractivity contribution in [1.29, 1.82) is 0 Å². The summed E-state index contributed by atoms with van der Waals surface area (Å²) < 4.78 is 40.6. The third kappa shape index (κ3) is 4.02. The van der Waals surface area contributed by atoms with Crippen molar-refractivity contribution >= 4 is 16.9 Å². The summed E-state index contributed by atoms with van der Waals surface area (Å²) in [4.78, 5) is 12.1. The average Bonchev–Trinajstić information content (AvgIpc) is 3.17. The minimum atomic E-state index is -1.14. The molecule has 0 unspecified atom stereocenters. The number of phenols is 1. The first kappa shape index (κ1) is 23.4. The molecule has 8 heteroatoms. The Kier molecular flexibility index (Phi) is 6.63. The molecule has 1 aromatic heterocycles. The summed E-state index contributed by atoms with van der Waals surface area (Å²) in [6.07, 6.45) is 0. The van der Waals surface area contributed by atoms with Crippen LogP contribution in [0.25, 0.3) is 27.7 Å². The Morgan fingerprint density at radius 1 is 0.971 bits per heavy atom. The lowest BCUT2D eigenvalue weighted by atomic mass is 9.92. The van der Waals surface area contributed by atoms with Crippen molar-refractivity contribution in [2.24, 2.45) is 0 Å². The highest BCUT2D eigenvalue weighted by Gasteiger charge is 2.30. The number of methoxy groups -OCH3 is 2. The zero-order valence-corrected chi connectivity index (χ0v) is 18.6. The fourth-order valence-corrected chi connectivity index (χ4v) is 4.40. The molecule has 0 fully saturated rings. The first-order valence-electron chi connectivity index (χ1n) is 10.5. The number of nitrogens with zero attached hydrogens (tertiary/aromatic N) is 1. The molecule has 0 saturated heterocycles. The third-order valence-corrected chi connectivity index (χ3v) is 5.72. The van der Waals surface area contributed by atoms with Crippen molar-refractivity contribution in [3.05, 3.63) is 83.6 Å². The Balaban J connectivity index is 2.22. The van der Waals surface area contributed by atoms with Crippen LogP contribution in [0.2, 0.25) is 0 Å². The standard InChI is InChI=1S/C26H23F2NO5/c1-33-13-15(14-34-2)25-23(17-6-3-4-7-18(17)26(31)32)24-21(8-5-9-22(24)30)29(25)16-10-11-19(27)20(28)12-16/h3-12,15,30H,13-14H2,1-2H3,(H,31,32). The largest absolute Gasteiger partial charge is 0.507 e. The van der Waals surface area contributed by atoms with Crippen LogP contribution in [-0.2, 0) is 9.47 Å². The molecule has 0 saturated carbocycles. The van der Waals surface area contributed by atoms with Gasteiger partial charge < -0.3 is 24.3 Å². The van der Waals surface area contributed by atoms with Gasteiger partial charge in [-0.1, -0.05) is 24.3 Å². The number of halogens is 2. The van der Waals surface area contributed by atoms with Crippen molar-refractivity contribution < 1.29 is 33.3 Å². The summed E-state index contributed by atoms with van der Waals surface area (Å²) >= 11 is 0. The van der Waals surface area contributed by atoms with Crippen molar-refractivity contribution in [2.45, 2.75) is 5.92 Å². The Morgan fingerprint density at radius 2 is 1.68 bits per heavy atom. The monoisotopic (exact) mass is 467 g/mol. The van der Waals surface area contributed by atoms with E-state index in [9.17, 15) is 23.8 Å². The summed E-state index contributed by atoms with van der Waals surface area (Å²) in [6, 6.07) is 14.8. The fourth-order valence-electron chi connectivity index (χ4n) is 4.40. The van der Waals surface area contributed by atoms with Crippen LogP contribution in [0.5, 0.6) is 5.75 Å². The van der Waals surface area contributed by atoms with Crippen LogP contribution in [-0.4, -0.2) is 48.2 Å². The van der Waals surface area contributed by atoms with Gasteiger partial charge in [-0.15, -0.1) is 0 Å². The van der Waals surface area contributed by atoms with Crippen LogP contribution in [0.15, 0.2) is 60.7 Å². The van der Waals surface area contributed by atoms with Gasteiger partial charge in [0.15, 0.2) is 11.6 Å². The molecule has 1 heterocycles. The topological polar surface area (TPSA) is 80.9 Å². The molecule has 3 aromatic carbocycles. The highest BCUT2D eigenvalue weighted by atomic mass is 19.2. The van der Waals surface area contributed by atoms with E-state index in [1.54, 1.807) is 34.9 Å². The summed E-state index contributed by atoms with van der Waals surface area (Å²) in [6.45, 7) is 0.383. The van der Waals surface area contributed by atoms with Crippen LogP contribution in [0.4, 0.5) is 8.78 Å². The van der Waals surface area contributed by atoms with E-state index < -0.39 is 23.5 Å². The second kappa shape index (κ2) is 9.62. The van der Waals surface area contributed by atoms with Crippen molar-refractivity contribution in [3.63, 3.8) is 0 Å². The number of hydrogen-bond donors (Lipinski definition) is 2. The van der Waals surface area contributed by atoms with Gasteiger partial charge in [-0.3, -0.25) is 0 Å². The predicted molar refractivity (Wildman–Crippen MR) is 124 cm³/mol. The quantitative estimate of drug-likeness (QED) is 0.365. The molecule has 0 bridgehead atoms. The zero-order valence-electron chi connectivity index (χ0n) is 18.6. The van der Waals surface area contributed by atoms with Crippen LogP contribution < -0.4 is 0 Å². The summed E-state index contributed by atoms with van der Waals surface area (Å²) in [5.74, 6) is -3.68. The van der Waals surface area contributed by atoms with Gasteiger partial charge in [0.2, 0.25) is 0 Å². The van der Waals surface area contributed by atoms with Gasteiger partial charge in [-0.05, 0) is 35.9 Å². The lowest BCUT2D eigenvalue weighted by Crippen LogP contribution is -2.17. The maximum atomic E-state index is 14.3. The molecule has 0 radical (unpaired) electrons. The number of aromatic nitrogens is 1. The molecular weight excluding hydrogens is 444 g/mol. The van der Waals surface area contributed by atoms with Crippen LogP contribution in [0.1, 0.15) is 22.0 Å². The molecular formula is C26H23F2NO5. The smallest absolute Gasteiger partial charge is 0.336 e. The number of aromatic carboxylic acids is 1. The SMILES string of the molecule is COCC(COC)c1c(-c2ccccc2C(=O)O)c2c(O)cccc2n1-c1ccc(F)c(F)c1. The molecule has 2 N–H and O–H groups in total. The van der Waals surface area contributed by atoms with Crippen LogP contribution >= 0.6 is 0 Å². The minimum absolute atomic E-state index is 0.0323. The molecule has 4 rings (SSSR count). The van der Waals surface area contributed by atoms with E-state index in [0.717, 1.165) is 12.1 Å². The van der Waals surface area contributed by atoms with Crippen molar-refractivity contribution in [2.75, 3.05) is 27.4 Å². The van der Waals surface area contributed by atoms with Gasteiger partial charge in [0.1, 0.15) is 5.75 Å². The summed E-state index contributed by atoms with van der Waals surface area (Å²) in [5, 5.41) is 21.2. The molecule has 0 aliphatic rings. The van der Waals surface area contributed by atoms with Crippen molar-refractivity contribution in [3.8, 4) is 22.6 Å².